The van der Waals surface area contributed by atoms with Crippen molar-refractivity contribution in [3.8, 4) is 0 Å². The van der Waals surface area contributed by atoms with Crippen molar-refractivity contribution in [3.05, 3.63) is 34.3 Å². The van der Waals surface area contributed by atoms with Crippen molar-refractivity contribution in [2.75, 3.05) is 18.1 Å². The lowest BCUT2D eigenvalue weighted by Gasteiger charge is -2.14. The lowest BCUT2D eigenvalue weighted by Crippen LogP contribution is -2.17. The zero-order chi connectivity index (χ0) is 11.8. The molecule has 0 aliphatic heterocycles. The van der Waals surface area contributed by atoms with E-state index < -0.39 is 0 Å². The monoisotopic (exact) mass is 301 g/mol. The second kappa shape index (κ2) is 8.15. The van der Waals surface area contributed by atoms with Crippen LogP contribution in [0.2, 0.25) is 0 Å². The van der Waals surface area contributed by atoms with Gasteiger partial charge in [0.1, 0.15) is 0 Å². The first-order chi connectivity index (χ1) is 7.76. The molecule has 0 saturated heterocycles. The van der Waals surface area contributed by atoms with Gasteiger partial charge in [-0.1, -0.05) is 35.0 Å². The van der Waals surface area contributed by atoms with Crippen LogP contribution in [-0.4, -0.2) is 18.1 Å². The molecule has 1 unspecified atom stereocenters. The molecule has 3 heteroatoms. The van der Waals surface area contributed by atoms with Gasteiger partial charge in [0, 0.05) is 4.47 Å². The molecule has 0 saturated carbocycles. The van der Waals surface area contributed by atoms with Gasteiger partial charge in [-0.15, -0.1) is 0 Å². The number of nitrogens with two attached hydrogens (primary N) is 1. The molecule has 1 aromatic rings. The third-order valence-electron chi connectivity index (χ3n) is 2.65. The van der Waals surface area contributed by atoms with Crippen LogP contribution in [-0.2, 0) is 6.42 Å². The Labute approximate surface area is 111 Å². The fourth-order valence-electron chi connectivity index (χ4n) is 1.65. The van der Waals surface area contributed by atoms with Crippen molar-refractivity contribution in [2.24, 2.45) is 11.7 Å². The van der Waals surface area contributed by atoms with Crippen LogP contribution < -0.4 is 5.73 Å². The highest BCUT2D eigenvalue weighted by Crippen LogP contribution is 2.17. The Balaban J connectivity index is 2.40. The van der Waals surface area contributed by atoms with E-state index in [0.29, 0.717) is 5.92 Å². The minimum absolute atomic E-state index is 0.625. The fourth-order valence-corrected chi connectivity index (χ4v) is 2.70. The van der Waals surface area contributed by atoms with Gasteiger partial charge in [-0.05, 0) is 54.5 Å². The van der Waals surface area contributed by atoms with Crippen LogP contribution in [0.25, 0.3) is 0 Å². The summed E-state index contributed by atoms with van der Waals surface area (Å²) >= 11 is 5.45. The molecule has 0 radical (unpaired) electrons. The van der Waals surface area contributed by atoms with Crippen molar-refractivity contribution in [3.63, 3.8) is 0 Å². The normalized spacial score (nSPS) is 12.7. The summed E-state index contributed by atoms with van der Waals surface area (Å²) in [6.45, 7) is 3.00. The molecule has 1 rings (SSSR count). The average Bonchev–Trinajstić information content (AvgIpc) is 2.31. The maximum Gasteiger partial charge on any atom is 0.0175 e. The molecule has 0 spiro atoms. The summed E-state index contributed by atoms with van der Waals surface area (Å²) in [5.74, 6) is 3.06. The summed E-state index contributed by atoms with van der Waals surface area (Å²) in [5.41, 5.74) is 7.20. The molecule has 1 nitrogen and oxygen atoms in total. The summed E-state index contributed by atoms with van der Waals surface area (Å²) in [4.78, 5) is 0. The first-order valence-corrected chi connectivity index (χ1v) is 7.73. The Morgan fingerprint density at radius 2 is 2.00 bits per heavy atom. The van der Waals surface area contributed by atoms with Gasteiger partial charge in [0.2, 0.25) is 0 Å². The first-order valence-electron chi connectivity index (χ1n) is 5.78. The Bertz CT molecular complexity index is 286. The Hall–Kier alpha value is 0.01000. The van der Waals surface area contributed by atoms with E-state index in [1.807, 2.05) is 11.8 Å². The van der Waals surface area contributed by atoms with E-state index in [2.05, 4.69) is 47.1 Å². The summed E-state index contributed by atoms with van der Waals surface area (Å²) in [5, 5.41) is 0. The third-order valence-corrected chi connectivity index (χ3v) is 4.11. The van der Waals surface area contributed by atoms with E-state index >= 15 is 0 Å². The highest BCUT2D eigenvalue weighted by molar-refractivity contribution is 9.10. The molecule has 0 heterocycles. The van der Waals surface area contributed by atoms with Gasteiger partial charge in [-0.25, -0.2) is 0 Å². The first kappa shape index (κ1) is 14.1. The maximum absolute atomic E-state index is 5.81. The van der Waals surface area contributed by atoms with Crippen molar-refractivity contribution >= 4 is 27.7 Å². The molecule has 0 aliphatic carbocycles. The van der Waals surface area contributed by atoms with Crippen molar-refractivity contribution in [2.45, 2.75) is 19.8 Å². The molecular weight excluding hydrogens is 282 g/mol. The van der Waals surface area contributed by atoms with Crippen LogP contribution in [0.15, 0.2) is 28.7 Å². The molecular formula is C13H20BrNS. The molecule has 0 bridgehead atoms. The quantitative estimate of drug-likeness (QED) is 0.777. The average molecular weight is 302 g/mol. The van der Waals surface area contributed by atoms with Crippen LogP contribution in [0, 0.1) is 5.92 Å². The van der Waals surface area contributed by atoms with E-state index in [0.717, 1.165) is 17.4 Å². The molecule has 0 fully saturated rings. The highest BCUT2D eigenvalue weighted by Gasteiger charge is 2.07. The van der Waals surface area contributed by atoms with Gasteiger partial charge in [-0.2, -0.15) is 11.8 Å². The predicted octanol–water partition coefficient (Wildman–Crippen LogP) is 3.71. The minimum Gasteiger partial charge on any atom is -0.330 e. The second-order valence-electron chi connectivity index (χ2n) is 3.92. The largest absolute Gasteiger partial charge is 0.330 e. The van der Waals surface area contributed by atoms with Crippen molar-refractivity contribution in [1.29, 1.82) is 0 Å². The molecule has 0 aromatic heterocycles. The van der Waals surface area contributed by atoms with Crippen molar-refractivity contribution < 1.29 is 0 Å². The van der Waals surface area contributed by atoms with Gasteiger partial charge < -0.3 is 5.73 Å². The van der Waals surface area contributed by atoms with Gasteiger partial charge in [0.05, 0.1) is 0 Å². The summed E-state index contributed by atoms with van der Waals surface area (Å²) < 4.78 is 1.14. The number of hydrogen-bond donors (Lipinski definition) is 1. The molecule has 1 aromatic carbocycles. The molecule has 0 aliphatic rings. The van der Waals surface area contributed by atoms with E-state index in [1.165, 1.54) is 23.5 Å². The number of benzene rings is 1. The SMILES string of the molecule is CCSCCC(CN)Cc1ccc(Br)cc1. The maximum atomic E-state index is 5.81. The third kappa shape index (κ3) is 5.37. The molecule has 2 N–H and O–H groups in total. The van der Waals surface area contributed by atoms with Gasteiger partial charge in [0.15, 0.2) is 0 Å². The van der Waals surface area contributed by atoms with Crippen LogP contribution in [0.3, 0.4) is 0 Å². The summed E-state index contributed by atoms with van der Waals surface area (Å²) in [6, 6.07) is 8.56. The lowest BCUT2D eigenvalue weighted by molar-refractivity contribution is 0.523. The zero-order valence-electron chi connectivity index (χ0n) is 9.79. The lowest BCUT2D eigenvalue weighted by atomic mass is 9.97. The Morgan fingerprint density at radius 1 is 1.31 bits per heavy atom. The van der Waals surface area contributed by atoms with E-state index in [-0.39, 0.29) is 0 Å². The molecule has 0 amide bonds. The number of hydrogen-bond acceptors (Lipinski definition) is 2. The number of thioether (sulfide) groups is 1. The second-order valence-corrected chi connectivity index (χ2v) is 6.23. The standard InChI is InChI=1S/C13H20BrNS/c1-2-16-8-7-12(10-15)9-11-3-5-13(14)6-4-11/h3-6,12H,2,7-10,15H2,1H3. The summed E-state index contributed by atoms with van der Waals surface area (Å²) in [6.07, 6.45) is 2.33. The topological polar surface area (TPSA) is 26.0 Å². The summed E-state index contributed by atoms with van der Waals surface area (Å²) in [7, 11) is 0. The Morgan fingerprint density at radius 3 is 2.56 bits per heavy atom. The number of rotatable bonds is 7. The van der Waals surface area contributed by atoms with Gasteiger partial charge in [-0.3, -0.25) is 0 Å². The predicted molar refractivity (Wildman–Crippen MR) is 78.0 cm³/mol. The van der Waals surface area contributed by atoms with Crippen molar-refractivity contribution in [1.82, 2.24) is 0 Å². The van der Waals surface area contributed by atoms with E-state index in [1.54, 1.807) is 0 Å². The number of halogens is 1. The molecule has 90 valence electrons. The fraction of sp³-hybridized carbons (Fsp3) is 0.538. The molecule has 16 heavy (non-hydrogen) atoms. The molecule has 1 atom stereocenters. The van der Waals surface area contributed by atoms with Crippen LogP contribution in [0.1, 0.15) is 18.9 Å². The van der Waals surface area contributed by atoms with Crippen LogP contribution in [0.4, 0.5) is 0 Å². The minimum atomic E-state index is 0.625. The highest BCUT2D eigenvalue weighted by atomic mass is 79.9. The zero-order valence-corrected chi connectivity index (χ0v) is 12.2. The van der Waals surface area contributed by atoms with E-state index in [9.17, 15) is 0 Å². The van der Waals surface area contributed by atoms with Crippen LogP contribution >= 0.6 is 27.7 Å². The Kier molecular flexibility index (Phi) is 7.17. The van der Waals surface area contributed by atoms with E-state index in [4.69, 9.17) is 5.73 Å². The van der Waals surface area contributed by atoms with Gasteiger partial charge in [0.25, 0.3) is 0 Å². The van der Waals surface area contributed by atoms with Gasteiger partial charge >= 0.3 is 0 Å². The van der Waals surface area contributed by atoms with Crippen LogP contribution in [0.5, 0.6) is 0 Å². The smallest absolute Gasteiger partial charge is 0.0175 e.